The lowest BCUT2D eigenvalue weighted by Gasteiger charge is -2.32. The summed E-state index contributed by atoms with van der Waals surface area (Å²) < 4.78 is 29.5. The molecule has 5 nitrogen and oxygen atoms in total. The highest BCUT2D eigenvalue weighted by Crippen LogP contribution is 2.33. The summed E-state index contributed by atoms with van der Waals surface area (Å²) in [7, 11) is 0. The second-order valence-corrected chi connectivity index (χ2v) is 6.01. The second kappa shape index (κ2) is 7.99. The summed E-state index contributed by atoms with van der Waals surface area (Å²) >= 11 is 0. The van der Waals surface area contributed by atoms with Gasteiger partial charge in [0.05, 0.1) is 18.2 Å². The van der Waals surface area contributed by atoms with Crippen molar-refractivity contribution in [3.8, 4) is 5.75 Å². The number of para-hydroxylation sites is 2. The Morgan fingerprint density at radius 1 is 1.15 bits per heavy atom. The zero-order valence-electron chi connectivity index (χ0n) is 14.6. The van der Waals surface area contributed by atoms with Gasteiger partial charge in [0.15, 0.2) is 0 Å². The summed E-state index contributed by atoms with van der Waals surface area (Å²) in [6, 6.07) is 13.0. The van der Waals surface area contributed by atoms with Crippen molar-refractivity contribution in [2.45, 2.75) is 26.0 Å². The van der Waals surface area contributed by atoms with Crippen LogP contribution < -0.4 is 10.1 Å². The van der Waals surface area contributed by atoms with Crippen LogP contribution in [0.4, 0.5) is 14.5 Å². The van der Waals surface area contributed by atoms with Crippen molar-refractivity contribution in [3.63, 3.8) is 0 Å². The van der Waals surface area contributed by atoms with Gasteiger partial charge >= 0.3 is 6.61 Å². The molecule has 1 atom stereocenters. The van der Waals surface area contributed by atoms with Crippen LogP contribution in [0.1, 0.15) is 30.5 Å². The number of ether oxygens (including phenoxy) is 1. The Balaban J connectivity index is 1.80. The van der Waals surface area contributed by atoms with Crippen LogP contribution in [-0.4, -0.2) is 23.3 Å². The number of nitrogens with one attached hydrogen (secondary N) is 1. The van der Waals surface area contributed by atoms with Crippen LogP contribution in [0.15, 0.2) is 54.7 Å². The molecule has 1 aliphatic heterocycles. The average molecular weight is 372 g/mol. The monoisotopic (exact) mass is 372 g/mol. The Kier molecular flexibility index (Phi) is 5.49. The number of benzene rings is 2. The van der Waals surface area contributed by atoms with E-state index < -0.39 is 18.6 Å². The summed E-state index contributed by atoms with van der Waals surface area (Å²) in [6.45, 7) is -1.57. The highest BCUT2D eigenvalue weighted by atomic mass is 19.3. The maximum Gasteiger partial charge on any atom is 0.387 e. The van der Waals surface area contributed by atoms with E-state index >= 15 is 0 Å². The number of anilines is 1. The van der Waals surface area contributed by atoms with E-state index in [1.54, 1.807) is 12.3 Å². The first-order chi connectivity index (χ1) is 13.0. The Morgan fingerprint density at radius 2 is 1.85 bits per heavy atom. The summed E-state index contributed by atoms with van der Waals surface area (Å²) in [4.78, 5) is 26.0. The van der Waals surface area contributed by atoms with Crippen molar-refractivity contribution in [3.05, 3.63) is 65.9 Å². The number of fused-ring (bicyclic) bond motifs is 1. The molecule has 1 heterocycles. The van der Waals surface area contributed by atoms with Crippen LogP contribution in [0, 0.1) is 0 Å². The van der Waals surface area contributed by atoms with Gasteiger partial charge < -0.3 is 15.0 Å². The molecule has 0 aliphatic carbocycles. The molecule has 2 aromatic carbocycles. The van der Waals surface area contributed by atoms with E-state index in [2.05, 4.69) is 10.1 Å². The predicted octanol–water partition coefficient (Wildman–Crippen LogP) is 4.19. The van der Waals surface area contributed by atoms with E-state index in [1.165, 1.54) is 30.0 Å². The quantitative estimate of drug-likeness (QED) is 0.856. The molecule has 0 spiro atoms. The minimum Gasteiger partial charge on any atom is -0.433 e. The van der Waals surface area contributed by atoms with Crippen molar-refractivity contribution >= 4 is 23.6 Å². The first-order valence-corrected chi connectivity index (χ1v) is 8.35. The molecule has 27 heavy (non-hydrogen) atoms. The lowest BCUT2D eigenvalue weighted by atomic mass is 9.93. The number of hydrogen-bond acceptors (Lipinski definition) is 3. The normalized spacial score (nSPS) is 15.4. The fraction of sp³-hybridized carbons (Fsp3) is 0.200. The fourth-order valence-corrected chi connectivity index (χ4v) is 3.06. The van der Waals surface area contributed by atoms with Crippen LogP contribution in [0.25, 0.3) is 6.08 Å². The van der Waals surface area contributed by atoms with Crippen LogP contribution in [0.5, 0.6) is 5.75 Å². The largest absolute Gasteiger partial charge is 0.433 e. The topological polar surface area (TPSA) is 58.6 Å². The fourth-order valence-electron chi connectivity index (χ4n) is 3.06. The van der Waals surface area contributed by atoms with Crippen LogP contribution in [0.3, 0.4) is 0 Å². The number of hydrogen-bond donors (Lipinski definition) is 1. The molecular formula is C20H18F2N2O3. The van der Waals surface area contributed by atoms with E-state index in [-0.39, 0.29) is 23.8 Å². The molecule has 7 heteroatoms. The first kappa shape index (κ1) is 18.6. The minimum atomic E-state index is -2.99. The third kappa shape index (κ3) is 4.31. The second-order valence-electron chi connectivity index (χ2n) is 6.01. The van der Waals surface area contributed by atoms with Gasteiger partial charge in [0.2, 0.25) is 11.8 Å². The molecular weight excluding hydrogens is 354 g/mol. The van der Waals surface area contributed by atoms with Crippen molar-refractivity contribution in [2.75, 3.05) is 5.32 Å². The Hall–Kier alpha value is -3.22. The molecule has 0 fully saturated rings. The third-order valence-corrected chi connectivity index (χ3v) is 4.23. The van der Waals surface area contributed by atoms with Gasteiger partial charge in [-0.05, 0) is 29.3 Å². The van der Waals surface area contributed by atoms with Gasteiger partial charge in [-0.3, -0.25) is 9.59 Å². The van der Waals surface area contributed by atoms with E-state index in [1.807, 2.05) is 30.3 Å². The summed E-state index contributed by atoms with van der Waals surface area (Å²) in [5.41, 5.74) is 1.92. The molecule has 140 valence electrons. The number of nitrogens with zero attached hydrogens (tertiary/aromatic N) is 1. The molecule has 0 aromatic heterocycles. The third-order valence-electron chi connectivity index (χ3n) is 4.23. The smallest absolute Gasteiger partial charge is 0.387 e. The lowest BCUT2D eigenvalue weighted by Crippen LogP contribution is -2.33. The van der Waals surface area contributed by atoms with Gasteiger partial charge in [0, 0.05) is 13.1 Å². The number of carbonyl (C=O) groups is 2. The number of rotatable bonds is 5. The molecule has 1 N–H and O–H groups in total. The summed E-state index contributed by atoms with van der Waals surface area (Å²) in [5.74, 6) is -0.727. The van der Waals surface area contributed by atoms with Crippen molar-refractivity contribution < 1.29 is 23.1 Å². The van der Waals surface area contributed by atoms with E-state index in [0.29, 0.717) is 0 Å². The number of amides is 2. The van der Waals surface area contributed by atoms with Crippen molar-refractivity contribution in [1.82, 2.24) is 4.90 Å². The molecule has 0 saturated heterocycles. The standard InChI is InChI=1S/C20H18F2N2O3/c1-13(25)24-11-10-14-6-2-3-7-15(14)17(24)12-19(26)23-16-8-4-5-9-18(16)27-20(21)22/h2-11,17,20H,12H2,1H3,(H,23,26)/t17-/m1/s1. The number of halogens is 2. The van der Waals surface area contributed by atoms with Gasteiger partial charge in [0.1, 0.15) is 5.75 Å². The SMILES string of the molecule is CC(=O)N1C=Cc2ccccc2[C@H]1CC(=O)Nc1ccccc1OC(F)F. The molecule has 3 rings (SSSR count). The highest BCUT2D eigenvalue weighted by Gasteiger charge is 2.28. The predicted molar refractivity (Wildman–Crippen MR) is 97.1 cm³/mol. The van der Waals surface area contributed by atoms with Crippen molar-refractivity contribution in [2.24, 2.45) is 0 Å². The van der Waals surface area contributed by atoms with Gasteiger partial charge in [0.25, 0.3) is 0 Å². The molecule has 2 amide bonds. The number of carbonyl (C=O) groups excluding carboxylic acids is 2. The first-order valence-electron chi connectivity index (χ1n) is 8.35. The van der Waals surface area contributed by atoms with Crippen LogP contribution in [-0.2, 0) is 9.59 Å². The Morgan fingerprint density at radius 3 is 2.59 bits per heavy atom. The zero-order valence-corrected chi connectivity index (χ0v) is 14.6. The van der Waals surface area contributed by atoms with Gasteiger partial charge in [-0.1, -0.05) is 36.4 Å². The van der Waals surface area contributed by atoms with E-state index in [9.17, 15) is 18.4 Å². The van der Waals surface area contributed by atoms with E-state index in [0.717, 1.165) is 11.1 Å². The van der Waals surface area contributed by atoms with Gasteiger partial charge in [-0.2, -0.15) is 8.78 Å². The Bertz CT molecular complexity index is 883. The van der Waals surface area contributed by atoms with Crippen LogP contribution >= 0.6 is 0 Å². The van der Waals surface area contributed by atoms with Crippen molar-refractivity contribution in [1.29, 1.82) is 0 Å². The molecule has 0 unspecified atom stereocenters. The molecule has 1 aliphatic rings. The zero-order chi connectivity index (χ0) is 19.4. The summed E-state index contributed by atoms with van der Waals surface area (Å²) in [5, 5.41) is 2.59. The molecule has 0 saturated carbocycles. The highest BCUT2D eigenvalue weighted by molar-refractivity contribution is 5.93. The minimum absolute atomic E-state index is 0.0239. The lowest BCUT2D eigenvalue weighted by molar-refractivity contribution is -0.129. The molecule has 2 aromatic rings. The van der Waals surface area contributed by atoms with E-state index in [4.69, 9.17) is 0 Å². The van der Waals surface area contributed by atoms with Crippen LogP contribution in [0.2, 0.25) is 0 Å². The van der Waals surface area contributed by atoms with Gasteiger partial charge in [-0.25, -0.2) is 0 Å². The van der Waals surface area contributed by atoms with Gasteiger partial charge in [-0.15, -0.1) is 0 Å². The maximum absolute atomic E-state index is 12.6. The molecule has 0 bridgehead atoms. The average Bonchev–Trinajstić information content (AvgIpc) is 2.63. The summed E-state index contributed by atoms with van der Waals surface area (Å²) in [6.07, 6.45) is 3.44. The maximum atomic E-state index is 12.6. The number of alkyl halides is 2. The molecule has 0 radical (unpaired) electrons. The Labute approximate surface area is 155 Å².